The van der Waals surface area contributed by atoms with Gasteiger partial charge in [0.2, 0.25) is 12.3 Å². The second kappa shape index (κ2) is 5.14. The highest BCUT2D eigenvalue weighted by Crippen LogP contribution is 2.39. The molecule has 124 valence electrons. The maximum absolute atomic E-state index is 5.64. The zero-order chi connectivity index (χ0) is 17.0. The molecular weight excluding hydrogens is 318 g/mol. The Morgan fingerprint density at radius 3 is 2.52 bits per heavy atom. The zero-order valence-electron chi connectivity index (χ0n) is 13.9. The van der Waals surface area contributed by atoms with Crippen molar-refractivity contribution in [3.05, 3.63) is 48.8 Å². The Hall–Kier alpha value is -3.21. The van der Waals surface area contributed by atoms with Gasteiger partial charge in [0.05, 0.1) is 25.0 Å². The SMILES string of the molecule is COc1cc2cc[n+]3cc4c5c(ccc4cc3c2cc1OC)OCO5. The molecule has 0 bridgehead atoms. The monoisotopic (exact) mass is 334 g/mol. The van der Waals surface area contributed by atoms with Crippen LogP contribution < -0.4 is 23.3 Å². The average Bonchev–Trinajstić information content (AvgIpc) is 3.14. The molecule has 4 aromatic rings. The second-order valence-electron chi connectivity index (χ2n) is 5.98. The van der Waals surface area contributed by atoms with Gasteiger partial charge in [-0.15, -0.1) is 0 Å². The highest BCUT2D eigenvalue weighted by Gasteiger charge is 2.21. The summed E-state index contributed by atoms with van der Waals surface area (Å²) < 4.78 is 24.1. The van der Waals surface area contributed by atoms with Crippen LogP contribution in [0.25, 0.3) is 27.1 Å². The van der Waals surface area contributed by atoms with Crippen molar-refractivity contribution in [1.82, 2.24) is 0 Å². The van der Waals surface area contributed by atoms with Crippen LogP contribution in [0.3, 0.4) is 0 Å². The van der Waals surface area contributed by atoms with Crippen LogP contribution in [0.15, 0.2) is 48.8 Å². The Bertz CT molecular complexity index is 1150. The molecule has 0 aliphatic carbocycles. The van der Waals surface area contributed by atoms with Gasteiger partial charge in [0.15, 0.2) is 35.4 Å². The Labute approximate surface area is 143 Å². The summed E-state index contributed by atoms with van der Waals surface area (Å²) in [5, 5.41) is 4.33. The predicted octanol–water partition coefficient (Wildman–Crippen LogP) is 3.48. The quantitative estimate of drug-likeness (QED) is 0.320. The summed E-state index contributed by atoms with van der Waals surface area (Å²) in [5.74, 6) is 3.04. The first-order valence-corrected chi connectivity index (χ1v) is 8.00. The van der Waals surface area contributed by atoms with E-state index < -0.39 is 0 Å². The van der Waals surface area contributed by atoms with E-state index in [9.17, 15) is 0 Å². The number of hydrogen-bond acceptors (Lipinski definition) is 4. The highest BCUT2D eigenvalue weighted by molar-refractivity contribution is 6.00. The Morgan fingerprint density at radius 1 is 0.880 bits per heavy atom. The van der Waals surface area contributed by atoms with Crippen LogP contribution in [-0.4, -0.2) is 21.0 Å². The molecule has 5 nitrogen and oxygen atoms in total. The van der Waals surface area contributed by atoms with E-state index in [1.165, 1.54) is 0 Å². The number of aromatic nitrogens is 1. The van der Waals surface area contributed by atoms with Crippen molar-refractivity contribution in [3.63, 3.8) is 0 Å². The van der Waals surface area contributed by atoms with Crippen LogP contribution in [0.5, 0.6) is 23.0 Å². The molecule has 3 heterocycles. The number of rotatable bonds is 2. The van der Waals surface area contributed by atoms with Crippen molar-refractivity contribution in [2.45, 2.75) is 0 Å². The van der Waals surface area contributed by atoms with Gasteiger partial charge in [-0.3, -0.25) is 0 Å². The third-order valence-corrected chi connectivity index (χ3v) is 4.70. The van der Waals surface area contributed by atoms with E-state index in [1.807, 2.05) is 24.4 Å². The molecule has 5 heteroatoms. The van der Waals surface area contributed by atoms with Crippen LogP contribution >= 0.6 is 0 Å². The van der Waals surface area contributed by atoms with Gasteiger partial charge in [-0.1, -0.05) is 0 Å². The van der Waals surface area contributed by atoms with Gasteiger partial charge < -0.3 is 18.9 Å². The fraction of sp³-hybridized carbons (Fsp3) is 0.150. The van der Waals surface area contributed by atoms with Crippen LogP contribution in [0.1, 0.15) is 0 Å². The zero-order valence-corrected chi connectivity index (χ0v) is 13.9. The first-order chi connectivity index (χ1) is 12.3. The van der Waals surface area contributed by atoms with E-state index in [-0.39, 0.29) is 6.79 Å². The molecule has 2 aromatic heterocycles. The van der Waals surface area contributed by atoms with E-state index >= 15 is 0 Å². The summed E-state index contributed by atoms with van der Waals surface area (Å²) in [6.45, 7) is 0.270. The van der Waals surface area contributed by atoms with Gasteiger partial charge >= 0.3 is 0 Å². The topological polar surface area (TPSA) is 41.0 Å². The minimum atomic E-state index is 0.270. The largest absolute Gasteiger partial charge is 0.493 e. The Morgan fingerprint density at radius 2 is 1.68 bits per heavy atom. The Balaban J connectivity index is 1.87. The molecule has 0 N–H and O–H groups in total. The van der Waals surface area contributed by atoms with Crippen molar-refractivity contribution in [3.8, 4) is 23.0 Å². The van der Waals surface area contributed by atoms with Gasteiger partial charge in [-0.2, -0.15) is 4.40 Å². The molecule has 0 amide bonds. The molecule has 1 aliphatic rings. The highest BCUT2D eigenvalue weighted by atomic mass is 16.7. The molecule has 0 unspecified atom stereocenters. The van der Waals surface area contributed by atoms with Crippen molar-refractivity contribution < 1.29 is 23.3 Å². The lowest BCUT2D eigenvalue weighted by Crippen LogP contribution is -2.20. The third kappa shape index (κ3) is 1.99. The molecule has 1 aliphatic heterocycles. The van der Waals surface area contributed by atoms with Crippen LogP contribution in [-0.2, 0) is 0 Å². The molecule has 0 atom stereocenters. The fourth-order valence-electron chi connectivity index (χ4n) is 3.45. The molecule has 0 spiro atoms. The minimum Gasteiger partial charge on any atom is -0.493 e. The molecule has 5 rings (SSSR count). The summed E-state index contributed by atoms with van der Waals surface area (Å²) >= 11 is 0. The smallest absolute Gasteiger partial charge is 0.231 e. The van der Waals surface area contributed by atoms with Gasteiger partial charge in [-0.05, 0) is 35.0 Å². The average molecular weight is 334 g/mol. The molecule has 0 fully saturated rings. The standard InChI is InChI=1S/C20H16NO4/c1-22-18-8-13-5-6-21-10-15-12(3-4-17-20(15)25-11-24-17)7-16(21)14(13)9-19(18)23-2/h3-10H,11H2,1-2H3/q+1. The van der Waals surface area contributed by atoms with Crippen molar-refractivity contribution >= 4 is 27.1 Å². The number of hydrogen-bond donors (Lipinski definition) is 0. The van der Waals surface area contributed by atoms with Crippen LogP contribution in [0.4, 0.5) is 0 Å². The normalized spacial score (nSPS) is 12.9. The summed E-state index contributed by atoms with van der Waals surface area (Å²) in [6.07, 6.45) is 4.12. The van der Waals surface area contributed by atoms with E-state index in [0.29, 0.717) is 5.75 Å². The third-order valence-electron chi connectivity index (χ3n) is 4.70. The Kier molecular flexibility index (Phi) is 2.91. The van der Waals surface area contributed by atoms with Crippen molar-refractivity contribution in [2.24, 2.45) is 0 Å². The number of pyridine rings is 2. The van der Waals surface area contributed by atoms with Gasteiger partial charge in [0.1, 0.15) is 0 Å². The lowest BCUT2D eigenvalue weighted by Gasteiger charge is -2.09. The number of nitrogens with zero attached hydrogens (tertiary/aromatic N) is 1. The summed E-state index contributed by atoms with van der Waals surface area (Å²) in [5.41, 5.74) is 1.09. The summed E-state index contributed by atoms with van der Waals surface area (Å²) in [4.78, 5) is 0. The number of ether oxygens (including phenoxy) is 4. The van der Waals surface area contributed by atoms with Gasteiger partial charge in [0.25, 0.3) is 0 Å². The summed E-state index contributed by atoms with van der Waals surface area (Å²) in [6, 6.07) is 12.3. The van der Waals surface area contributed by atoms with E-state index in [0.717, 1.165) is 44.3 Å². The van der Waals surface area contributed by atoms with E-state index in [2.05, 4.69) is 28.8 Å². The fourth-order valence-corrected chi connectivity index (χ4v) is 3.45. The molecular formula is C20H16NO4+. The lowest BCUT2D eigenvalue weighted by atomic mass is 10.1. The molecule has 0 radical (unpaired) electrons. The molecule has 0 saturated heterocycles. The first kappa shape index (κ1) is 14.2. The lowest BCUT2D eigenvalue weighted by molar-refractivity contribution is -0.509. The number of methoxy groups -OCH3 is 2. The van der Waals surface area contributed by atoms with E-state index in [4.69, 9.17) is 18.9 Å². The number of benzene rings is 2. The molecule has 25 heavy (non-hydrogen) atoms. The van der Waals surface area contributed by atoms with Crippen LogP contribution in [0, 0.1) is 0 Å². The van der Waals surface area contributed by atoms with E-state index in [1.54, 1.807) is 14.2 Å². The van der Waals surface area contributed by atoms with Gasteiger partial charge in [0, 0.05) is 12.1 Å². The van der Waals surface area contributed by atoms with Crippen molar-refractivity contribution in [2.75, 3.05) is 21.0 Å². The second-order valence-corrected chi connectivity index (χ2v) is 5.98. The van der Waals surface area contributed by atoms with Crippen molar-refractivity contribution in [1.29, 1.82) is 0 Å². The maximum atomic E-state index is 5.64. The minimum absolute atomic E-state index is 0.270. The number of fused-ring (bicyclic) bond motifs is 6. The molecule has 0 saturated carbocycles. The molecule has 2 aromatic carbocycles. The summed E-state index contributed by atoms with van der Waals surface area (Å²) in [7, 11) is 3.30. The predicted molar refractivity (Wildman–Crippen MR) is 93.8 cm³/mol. The first-order valence-electron chi connectivity index (χ1n) is 8.00. The van der Waals surface area contributed by atoms with Crippen LogP contribution in [0.2, 0.25) is 0 Å². The van der Waals surface area contributed by atoms with Gasteiger partial charge in [-0.25, -0.2) is 0 Å². The maximum Gasteiger partial charge on any atom is 0.231 e.